The first-order valence-corrected chi connectivity index (χ1v) is 6.12. The van der Waals surface area contributed by atoms with Crippen molar-refractivity contribution in [3.05, 3.63) is 29.8 Å². The van der Waals surface area contributed by atoms with Crippen LogP contribution in [0.4, 0.5) is 5.69 Å². The summed E-state index contributed by atoms with van der Waals surface area (Å²) in [6.45, 7) is 10.6. The van der Waals surface area contributed by atoms with Gasteiger partial charge in [0, 0.05) is 11.3 Å². The molecule has 0 aliphatic rings. The molecule has 0 atom stereocenters. The molecule has 0 spiro atoms. The number of benzene rings is 1. The number of anilines is 1. The minimum atomic E-state index is 0.0694. The van der Waals surface area contributed by atoms with Crippen LogP contribution in [0.25, 0.3) is 0 Å². The van der Waals surface area contributed by atoms with Crippen LogP contribution in [0.5, 0.6) is 0 Å². The zero-order valence-electron chi connectivity index (χ0n) is 11.7. The highest BCUT2D eigenvalue weighted by atomic mass is 16.1. The number of nitrogens with two attached hydrogens (primary N) is 1. The van der Waals surface area contributed by atoms with Gasteiger partial charge in [-0.3, -0.25) is 4.79 Å². The third-order valence-corrected chi connectivity index (χ3v) is 2.32. The maximum Gasteiger partial charge on any atom is 0.159 e. The molecule has 0 saturated heterocycles. The highest BCUT2D eigenvalue weighted by molar-refractivity contribution is 5.94. The van der Waals surface area contributed by atoms with Gasteiger partial charge in [0.2, 0.25) is 0 Å². The number of nitrogen functional groups attached to an aromatic ring is 1. The smallest absolute Gasteiger partial charge is 0.159 e. The average Bonchev–Trinajstić information content (AvgIpc) is 2.17. The molecule has 0 bridgehead atoms. The number of ketones is 1. The quantitative estimate of drug-likeness (QED) is 0.613. The number of carbonyl (C=O) groups is 1. The number of hydrogen-bond donors (Lipinski definition) is 1. The summed E-state index contributed by atoms with van der Waals surface area (Å²) in [5.41, 5.74) is 7.35. The molecule has 1 aromatic rings. The first-order chi connectivity index (χ1) is 7.76. The Hall–Kier alpha value is -1.31. The molecular formula is C15H25NO. The molecule has 1 rings (SSSR count). The lowest BCUT2D eigenvalue weighted by atomic mass is 9.91. The molecule has 0 radical (unpaired) electrons. The Morgan fingerprint density at radius 1 is 1.18 bits per heavy atom. The van der Waals surface area contributed by atoms with Crippen molar-refractivity contribution in [1.82, 2.24) is 0 Å². The van der Waals surface area contributed by atoms with Crippen molar-refractivity contribution in [2.75, 3.05) is 5.73 Å². The van der Waals surface area contributed by atoms with E-state index in [4.69, 9.17) is 5.73 Å². The third-order valence-electron chi connectivity index (χ3n) is 2.32. The summed E-state index contributed by atoms with van der Waals surface area (Å²) < 4.78 is 0. The molecule has 0 heterocycles. The van der Waals surface area contributed by atoms with Crippen LogP contribution in [0.1, 0.15) is 57.8 Å². The van der Waals surface area contributed by atoms with Crippen LogP contribution in [0.3, 0.4) is 0 Å². The second-order valence-corrected chi connectivity index (χ2v) is 5.49. The number of hydrogen-bond acceptors (Lipinski definition) is 2. The molecule has 1 aromatic carbocycles. The third kappa shape index (κ3) is 8.49. The fourth-order valence-electron chi connectivity index (χ4n) is 1.47. The maximum atomic E-state index is 10.7. The second kappa shape index (κ2) is 7.10. The molecule has 0 saturated carbocycles. The molecule has 2 heteroatoms. The summed E-state index contributed by atoms with van der Waals surface area (Å²) in [6, 6.07) is 6.88. The van der Waals surface area contributed by atoms with Crippen molar-refractivity contribution in [2.24, 2.45) is 5.41 Å². The van der Waals surface area contributed by atoms with Gasteiger partial charge in [0.1, 0.15) is 0 Å². The minimum absolute atomic E-state index is 0.0694. The van der Waals surface area contributed by atoms with Gasteiger partial charge in [-0.25, -0.2) is 0 Å². The normalized spacial score (nSPS) is 10.4. The zero-order valence-corrected chi connectivity index (χ0v) is 11.7. The van der Waals surface area contributed by atoms with Gasteiger partial charge in [0.05, 0.1) is 0 Å². The number of Topliss-reactive ketones (excluding diaryl/α,β-unsaturated/α-hetero) is 1. The molecule has 0 unspecified atom stereocenters. The van der Waals surface area contributed by atoms with Crippen molar-refractivity contribution in [1.29, 1.82) is 0 Å². The Labute approximate surface area is 105 Å². The van der Waals surface area contributed by atoms with Gasteiger partial charge in [-0.15, -0.1) is 0 Å². The Morgan fingerprint density at radius 3 is 1.88 bits per heavy atom. The maximum absolute atomic E-state index is 10.7. The Kier molecular flexibility index (Phi) is 6.55. The van der Waals surface area contributed by atoms with E-state index in [1.165, 1.54) is 19.8 Å². The van der Waals surface area contributed by atoms with Crippen molar-refractivity contribution in [3.63, 3.8) is 0 Å². The summed E-state index contributed by atoms with van der Waals surface area (Å²) in [5, 5.41) is 0. The molecule has 0 aliphatic heterocycles. The molecule has 0 aliphatic carbocycles. The predicted octanol–water partition coefficient (Wildman–Crippen LogP) is 4.30. The van der Waals surface area contributed by atoms with Crippen molar-refractivity contribution < 1.29 is 4.79 Å². The minimum Gasteiger partial charge on any atom is -0.399 e. The van der Waals surface area contributed by atoms with Gasteiger partial charge < -0.3 is 5.73 Å². The lowest BCUT2D eigenvalue weighted by Gasteiger charge is -2.15. The molecular weight excluding hydrogens is 210 g/mol. The summed E-state index contributed by atoms with van der Waals surface area (Å²) in [4.78, 5) is 10.7. The molecule has 96 valence electrons. The summed E-state index contributed by atoms with van der Waals surface area (Å²) in [5.74, 6) is 0.0694. The van der Waals surface area contributed by atoms with Crippen molar-refractivity contribution in [2.45, 2.75) is 47.5 Å². The molecule has 2 N–H and O–H groups in total. The lowest BCUT2D eigenvalue weighted by Crippen LogP contribution is -2.02. The van der Waals surface area contributed by atoms with E-state index in [-0.39, 0.29) is 5.78 Å². The van der Waals surface area contributed by atoms with Crippen LogP contribution in [-0.4, -0.2) is 5.78 Å². The first-order valence-electron chi connectivity index (χ1n) is 6.12. The summed E-state index contributed by atoms with van der Waals surface area (Å²) >= 11 is 0. The fraction of sp³-hybridized carbons (Fsp3) is 0.533. The monoisotopic (exact) mass is 235 g/mol. The van der Waals surface area contributed by atoms with E-state index in [0.29, 0.717) is 16.7 Å². The van der Waals surface area contributed by atoms with Crippen LogP contribution in [0.2, 0.25) is 0 Å². The van der Waals surface area contributed by atoms with Crippen LogP contribution in [0, 0.1) is 5.41 Å². The van der Waals surface area contributed by atoms with Crippen LogP contribution >= 0.6 is 0 Å². The Bertz CT molecular complexity index is 333. The van der Waals surface area contributed by atoms with Gasteiger partial charge in [-0.1, -0.05) is 34.1 Å². The van der Waals surface area contributed by atoms with Crippen molar-refractivity contribution >= 4 is 11.5 Å². The van der Waals surface area contributed by atoms with E-state index in [1.54, 1.807) is 24.3 Å². The van der Waals surface area contributed by atoms with Gasteiger partial charge >= 0.3 is 0 Å². The van der Waals surface area contributed by atoms with Gasteiger partial charge in [0.15, 0.2) is 5.78 Å². The first kappa shape index (κ1) is 15.7. The topological polar surface area (TPSA) is 43.1 Å². The van der Waals surface area contributed by atoms with E-state index in [0.717, 1.165) is 0 Å². The van der Waals surface area contributed by atoms with Crippen LogP contribution in [-0.2, 0) is 0 Å². The largest absolute Gasteiger partial charge is 0.399 e. The number of carbonyl (C=O) groups excluding carboxylic acids is 1. The molecule has 2 nitrogen and oxygen atoms in total. The number of rotatable bonds is 2. The van der Waals surface area contributed by atoms with Gasteiger partial charge in [-0.05, 0) is 43.0 Å². The van der Waals surface area contributed by atoms with E-state index >= 15 is 0 Å². The molecule has 0 amide bonds. The Morgan fingerprint density at radius 2 is 1.65 bits per heavy atom. The van der Waals surface area contributed by atoms with Gasteiger partial charge in [0.25, 0.3) is 0 Å². The van der Waals surface area contributed by atoms with E-state index < -0.39 is 0 Å². The van der Waals surface area contributed by atoms with Crippen LogP contribution in [0.15, 0.2) is 24.3 Å². The molecule has 0 fully saturated rings. The average molecular weight is 235 g/mol. The zero-order chi connectivity index (χ0) is 13.5. The van der Waals surface area contributed by atoms with Crippen molar-refractivity contribution in [3.8, 4) is 0 Å². The highest BCUT2D eigenvalue weighted by Crippen LogP contribution is 2.19. The summed E-state index contributed by atoms with van der Waals surface area (Å²) in [6.07, 6.45) is 2.65. The predicted molar refractivity (Wildman–Crippen MR) is 75.2 cm³/mol. The van der Waals surface area contributed by atoms with E-state index in [9.17, 15) is 4.79 Å². The lowest BCUT2D eigenvalue weighted by molar-refractivity contribution is 0.101. The second-order valence-electron chi connectivity index (χ2n) is 5.49. The molecule has 17 heavy (non-hydrogen) atoms. The van der Waals surface area contributed by atoms with E-state index in [2.05, 4.69) is 27.7 Å². The van der Waals surface area contributed by atoms with Gasteiger partial charge in [-0.2, -0.15) is 0 Å². The van der Waals surface area contributed by atoms with E-state index in [1.807, 2.05) is 0 Å². The Balaban J connectivity index is 0.000000325. The fourth-order valence-corrected chi connectivity index (χ4v) is 1.47. The summed E-state index contributed by atoms with van der Waals surface area (Å²) in [7, 11) is 0. The van der Waals surface area contributed by atoms with Crippen LogP contribution < -0.4 is 5.73 Å². The highest BCUT2D eigenvalue weighted by Gasteiger charge is 2.06. The standard InChI is InChI=1S/C8H9NO.C7H16/c1-6(10)7-2-4-8(9)5-3-7;1-5-6-7(2,3)4/h2-5H,9H2,1H3;5-6H2,1-4H3. The molecule has 0 aromatic heterocycles. The SMILES string of the molecule is CC(=O)c1ccc(N)cc1.CCCC(C)(C)C.